The number of benzene rings is 1. The number of hydrogen-bond acceptors (Lipinski definition) is 5. The van der Waals surface area contributed by atoms with Crippen LogP contribution in [-0.4, -0.2) is 28.4 Å². The van der Waals surface area contributed by atoms with Crippen LogP contribution < -0.4 is 0 Å². The monoisotopic (exact) mass is 335 g/mol. The summed E-state index contributed by atoms with van der Waals surface area (Å²) in [6.07, 6.45) is -1.57. The topological polar surface area (TPSA) is 80.6 Å². The zero-order valence-corrected chi connectivity index (χ0v) is 15.1. The molecule has 132 valence electrons. The summed E-state index contributed by atoms with van der Waals surface area (Å²) >= 11 is 0. The van der Waals surface area contributed by atoms with Crippen LogP contribution in [0.3, 0.4) is 0 Å². The van der Waals surface area contributed by atoms with Crippen molar-refractivity contribution in [2.45, 2.75) is 59.3 Å². The van der Waals surface area contributed by atoms with Gasteiger partial charge in [-0.15, -0.1) is 0 Å². The molecule has 0 N–H and O–H groups in total. The Labute approximate surface area is 142 Å². The largest absolute Gasteiger partial charge is 0.454 e. The van der Waals surface area contributed by atoms with E-state index in [0.29, 0.717) is 0 Å². The molecule has 0 heterocycles. The van der Waals surface area contributed by atoms with E-state index in [2.05, 4.69) is 10.3 Å². The molecule has 1 rings (SSSR count). The van der Waals surface area contributed by atoms with Crippen LogP contribution in [0, 0.1) is 0 Å². The number of rotatable bonds is 3. The lowest BCUT2D eigenvalue weighted by Crippen LogP contribution is -2.33. The van der Waals surface area contributed by atoms with E-state index in [1.54, 1.807) is 41.5 Å². The van der Waals surface area contributed by atoms with Crippen LogP contribution in [0.4, 0.5) is 9.59 Å². The second-order valence-corrected chi connectivity index (χ2v) is 7.19. The molecule has 7 nitrogen and oxygen atoms in total. The number of carbonyl (C=O) groups is 2. The second kappa shape index (κ2) is 7.90. The molecule has 1 aromatic rings. The van der Waals surface area contributed by atoms with Crippen LogP contribution in [0.5, 0.6) is 0 Å². The summed E-state index contributed by atoms with van der Waals surface area (Å²) in [6, 6.07) is 9.21. The third-order valence-electron chi connectivity index (χ3n) is 2.41. The highest BCUT2D eigenvalue weighted by Crippen LogP contribution is 2.14. The molecule has 0 unspecified atom stereocenters. The quantitative estimate of drug-likeness (QED) is 0.591. The normalized spacial score (nSPS) is 12.1. The Morgan fingerprint density at radius 3 is 2.00 bits per heavy atom. The number of ether oxygens (including phenoxy) is 2. The van der Waals surface area contributed by atoms with Crippen LogP contribution in [0.25, 0.3) is 0 Å². The van der Waals surface area contributed by atoms with Gasteiger partial charge in [-0.3, -0.25) is 0 Å². The SMILES string of the molecule is CC(C)(C)OC(=O)/N=N/N(Cc1ccccc1)C(=O)OC(C)(C)C. The first kappa shape index (κ1) is 19.6. The maximum atomic E-state index is 12.3. The fourth-order valence-electron chi connectivity index (χ4n) is 1.58. The minimum absolute atomic E-state index is 0.127. The van der Waals surface area contributed by atoms with Gasteiger partial charge in [0.25, 0.3) is 0 Å². The van der Waals surface area contributed by atoms with Crippen molar-refractivity contribution in [1.29, 1.82) is 0 Å². The molecule has 0 fully saturated rings. The standard InChI is InChI=1S/C17H25N3O4/c1-16(2,3)23-14(21)18-19-20(15(22)24-17(4,5)6)12-13-10-8-7-9-11-13/h7-11H,12H2,1-6H3/b19-18+. The predicted octanol–water partition coefficient (Wildman–Crippen LogP) is 4.73. The maximum Gasteiger partial charge on any atom is 0.454 e. The molecule has 0 aliphatic rings. The van der Waals surface area contributed by atoms with Crippen LogP contribution in [0.15, 0.2) is 40.7 Å². The summed E-state index contributed by atoms with van der Waals surface area (Å²) < 4.78 is 10.3. The lowest BCUT2D eigenvalue weighted by atomic mass is 10.2. The highest BCUT2D eigenvalue weighted by molar-refractivity contribution is 5.69. The lowest BCUT2D eigenvalue weighted by Gasteiger charge is -2.23. The first-order chi connectivity index (χ1) is 11.0. The van der Waals surface area contributed by atoms with E-state index >= 15 is 0 Å². The summed E-state index contributed by atoms with van der Waals surface area (Å²) in [5, 5.41) is 8.13. The minimum atomic E-state index is -0.871. The summed E-state index contributed by atoms with van der Waals surface area (Å²) in [5.74, 6) is 0. The molecule has 0 aromatic heterocycles. The van der Waals surface area contributed by atoms with E-state index in [9.17, 15) is 9.59 Å². The van der Waals surface area contributed by atoms with Gasteiger partial charge in [0.2, 0.25) is 0 Å². The highest BCUT2D eigenvalue weighted by atomic mass is 16.6. The van der Waals surface area contributed by atoms with Gasteiger partial charge in [-0.25, -0.2) is 9.59 Å². The zero-order valence-electron chi connectivity index (χ0n) is 15.1. The number of carbonyl (C=O) groups excluding carboxylic acids is 2. The Bertz CT molecular complexity index is 586. The summed E-state index contributed by atoms with van der Waals surface area (Å²) in [5.41, 5.74) is -0.550. The minimum Gasteiger partial charge on any atom is -0.442 e. The maximum absolute atomic E-state index is 12.3. The van der Waals surface area contributed by atoms with Gasteiger partial charge in [-0.1, -0.05) is 40.7 Å². The van der Waals surface area contributed by atoms with Crippen LogP contribution in [0.1, 0.15) is 47.1 Å². The highest BCUT2D eigenvalue weighted by Gasteiger charge is 2.23. The predicted molar refractivity (Wildman–Crippen MR) is 89.3 cm³/mol. The molecule has 7 heteroatoms. The van der Waals surface area contributed by atoms with Crippen LogP contribution in [-0.2, 0) is 16.0 Å². The lowest BCUT2D eigenvalue weighted by molar-refractivity contribution is 0.0210. The van der Waals surface area contributed by atoms with Gasteiger partial charge in [-0.2, -0.15) is 5.01 Å². The van der Waals surface area contributed by atoms with E-state index in [-0.39, 0.29) is 6.54 Å². The van der Waals surface area contributed by atoms with Gasteiger partial charge in [0.1, 0.15) is 11.2 Å². The van der Waals surface area contributed by atoms with Gasteiger partial charge in [-0.05, 0) is 47.1 Å². The molecule has 0 saturated carbocycles. The van der Waals surface area contributed by atoms with Crippen molar-refractivity contribution in [3.63, 3.8) is 0 Å². The first-order valence-electron chi connectivity index (χ1n) is 7.65. The molecule has 0 atom stereocenters. The van der Waals surface area contributed by atoms with Crippen molar-refractivity contribution < 1.29 is 19.1 Å². The van der Waals surface area contributed by atoms with E-state index in [4.69, 9.17) is 9.47 Å². The Balaban J connectivity index is 2.88. The number of nitrogens with zero attached hydrogens (tertiary/aromatic N) is 3. The van der Waals surface area contributed by atoms with Gasteiger partial charge in [0.05, 0.1) is 6.54 Å². The second-order valence-electron chi connectivity index (χ2n) is 7.19. The van der Waals surface area contributed by atoms with E-state index in [1.807, 2.05) is 30.3 Å². The fourth-order valence-corrected chi connectivity index (χ4v) is 1.58. The van der Waals surface area contributed by atoms with Gasteiger partial charge < -0.3 is 9.47 Å². The van der Waals surface area contributed by atoms with Crippen molar-refractivity contribution in [1.82, 2.24) is 5.01 Å². The molecule has 0 aliphatic carbocycles. The average Bonchev–Trinajstić information content (AvgIpc) is 2.40. The van der Waals surface area contributed by atoms with Crippen molar-refractivity contribution in [2.75, 3.05) is 0 Å². The molecule has 2 amide bonds. The van der Waals surface area contributed by atoms with Crippen molar-refractivity contribution in [2.24, 2.45) is 10.3 Å². The fraction of sp³-hybridized carbons (Fsp3) is 0.529. The molecule has 1 aromatic carbocycles. The molecule has 0 saturated heterocycles. The van der Waals surface area contributed by atoms with Gasteiger partial charge in [0, 0.05) is 0 Å². The average molecular weight is 335 g/mol. The third kappa shape index (κ3) is 8.26. The third-order valence-corrected chi connectivity index (χ3v) is 2.41. The Morgan fingerprint density at radius 2 is 1.50 bits per heavy atom. The first-order valence-corrected chi connectivity index (χ1v) is 7.65. The van der Waals surface area contributed by atoms with Crippen molar-refractivity contribution in [3.8, 4) is 0 Å². The molecular formula is C17H25N3O4. The van der Waals surface area contributed by atoms with Crippen LogP contribution >= 0.6 is 0 Å². The number of amides is 2. The van der Waals surface area contributed by atoms with E-state index in [1.165, 1.54) is 0 Å². The van der Waals surface area contributed by atoms with Crippen molar-refractivity contribution >= 4 is 12.2 Å². The summed E-state index contributed by atoms with van der Waals surface area (Å²) in [7, 11) is 0. The Hall–Kier alpha value is -2.44. The van der Waals surface area contributed by atoms with Crippen molar-refractivity contribution in [3.05, 3.63) is 35.9 Å². The Kier molecular flexibility index (Phi) is 6.45. The van der Waals surface area contributed by atoms with Gasteiger partial charge >= 0.3 is 12.2 Å². The summed E-state index contributed by atoms with van der Waals surface area (Å²) in [4.78, 5) is 23.9. The zero-order chi connectivity index (χ0) is 18.4. The Morgan fingerprint density at radius 1 is 0.958 bits per heavy atom. The van der Waals surface area contributed by atoms with E-state index in [0.717, 1.165) is 10.6 Å². The molecule has 24 heavy (non-hydrogen) atoms. The molecule has 0 bridgehead atoms. The number of hydrogen-bond donors (Lipinski definition) is 0. The smallest absolute Gasteiger partial charge is 0.442 e. The molecular weight excluding hydrogens is 310 g/mol. The molecule has 0 radical (unpaired) electrons. The van der Waals surface area contributed by atoms with Gasteiger partial charge in [0.15, 0.2) is 0 Å². The molecule has 0 spiro atoms. The summed E-state index contributed by atoms with van der Waals surface area (Å²) in [6.45, 7) is 10.5. The van der Waals surface area contributed by atoms with E-state index < -0.39 is 23.4 Å². The molecule has 0 aliphatic heterocycles. The van der Waals surface area contributed by atoms with Crippen LogP contribution in [0.2, 0.25) is 0 Å².